The fourth-order valence-corrected chi connectivity index (χ4v) is 4.14. The van der Waals surface area contributed by atoms with Crippen molar-refractivity contribution in [1.82, 2.24) is 4.57 Å². The van der Waals surface area contributed by atoms with Crippen LogP contribution >= 0.6 is 0 Å². The van der Waals surface area contributed by atoms with Crippen LogP contribution in [0.15, 0.2) is 54.6 Å². The van der Waals surface area contributed by atoms with Gasteiger partial charge in [-0.15, -0.1) is 0 Å². The molecule has 1 aromatic heterocycles. The molecular formula is C26H28FN3O4. The van der Waals surface area contributed by atoms with Crippen LogP contribution in [0.25, 0.3) is 11.1 Å². The van der Waals surface area contributed by atoms with E-state index in [4.69, 9.17) is 9.47 Å². The molecule has 0 unspecified atom stereocenters. The Kier molecular flexibility index (Phi) is 7.40. The third-order valence-corrected chi connectivity index (χ3v) is 5.91. The van der Waals surface area contributed by atoms with Crippen molar-refractivity contribution in [2.45, 2.75) is 13.5 Å². The predicted molar refractivity (Wildman–Crippen MR) is 129 cm³/mol. The van der Waals surface area contributed by atoms with Crippen molar-refractivity contribution in [3.05, 3.63) is 71.8 Å². The topological polar surface area (TPSA) is 72.8 Å². The van der Waals surface area contributed by atoms with Crippen LogP contribution in [0.2, 0.25) is 0 Å². The number of rotatable bonds is 8. The van der Waals surface area contributed by atoms with E-state index >= 15 is 0 Å². The minimum Gasteiger partial charge on any atom is -0.383 e. The van der Waals surface area contributed by atoms with Gasteiger partial charge >= 0.3 is 0 Å². The number of carbonyl (C=O) groups is 2. The number of nitrogens with zero attached hydrogens (tertiary/aromatic N) is 2. The molecule has 1 amide bonds. The van der Waals surface area contributed by atoms with Crippen molar-refractivity contribution in [1.29, 1.82) is 0 Å². The first kappa shape index (κ1) is 23.7. The molecule has 0 atom stereocenters. The average molecular weight is 466 g/mol. The Labute approximate surface area is 198 Å². The van der Waals surface area contributed by atoms with Gasteiger partial charge in [-0.2, -0.15) is 0 Å². The molecule has 0 spiro atoms. The largest absolute Gasteiger partial charge is 0.383 e. The number of methoxy groups -OCH3 is 1. The van der Waals surface area contributed by atoms with Crippen LogP contribution < -0.4 is 10.2 Å². The van der Waals surface area contributed by atoms with E-state index in [1.54, 1.807) is 17.7 Å². The number of halogens is 1. The summed E-state index contributed by atoms with van der Waals surface area (Å²) in [6, 6.07) is 15.9. The number of hydrogen-bond acceptors (Lipinski definition) is 5. The lowest BCUT2D eigenvalue weighted by Crippen LogP contribution is -2.36. The van der Waals surface area contributed by atoms with E-state index in [-0.39, 0.29) is 11.4 Å². The third kappa shape index (κ3) is 5.03. The summed E-state index contributed by atoms with van der Waals surface area (Å²) in [5, 5.41) is 2.46. The predicted octanol–water partition coefficient (Wildman–Crippen LogP) is 3.91. The Morgan fingerprint density at radius 2 is 1.82 bits per heavy atom. The summed E-state index contributed by atoms with van der Waals surface area (Å²) in [6.45, 7) is 5.17. The Morgan fingerprint density at radius 1 is 1.09 bits per heavy atom. The van der Waals surface area contributed by atoms with Crippen LogP contribution in [-0.2, 0) is 20.8 Å². The van der Waals surface area contributed by atoms with E-state index in [0.29, 0.717) is 50.7 Å². The molecular weight excluding hydrogens is 437 g/mol. The molecule has 1 aliphatic rings. The third-order valence-electron chi connectivity index (χ3n) is 5.91. The summed E-state index contributed by atoms with van der Waals surface area (Å²) in [4.78, 5) is 28.3. The zero-order chi connectivity index (χ0) is 24.1. The van der Waals surface area contributed by atoms with Gasteiger partial charge in [0, 0.05) is 43.7 Å². The maximum atomic E-state index is 14.8. The molecule has 0 bridgehead atoms. The second-order valence-corrected chi connectivity index (χ2v) is 8.11. The first-order valence-corrected chi connectivity index (χ1v) is 11.2. The first-order chi connectivity index (χ1) is 16.5. The average Bonchev–Trinajstić information content (AvgIpc) is 3.20. The number of ketones is 1. The molecule has 2 aromatic carbocycles. The quantitative estimate of drug-likeness (QED) is 0.404. The van der Waals surface area contributed by atoms with Crippen LogP contribution in [0, 0.1) is 12.7 Å². The van der Waals surface area contributed by atoms with E-state index in [0.717, 1.165) is 11.3 Å². The second-order valence-electron chi connectivity index (χ2n) is 8.11. The molecule has 0 radical (unpaired) electrons. The van der Waals surface area contributed by atoms with Gasteiger partial charge in [0.05, 0.1) is 25.5 Å². The lowest BCUT2D eigenvalue weighted by molar-refractivity contribution is -0.112. The van der Waals surface area contributed by atoms with Gasteiger partial charge in [0.1, 0.15) is 11.5 Å². The number of benzene rings is 2. The molecule has 178 valence electrons. The zero-order valence-corrected chi connectivity index (χ0v) is 19.3. The number of anilines is 2. The summed E-state index contributed by atoms with van der Waals surface area (Å²) in [5.41, 5.74) is 3.22. The Bertz CT molecular complexity index is 1170. The van der Waals surface area contributed by atoms with Crippen molar-refractivity contribution in [3.63, 3.8) is 0 Å². The zero-order valence-electron chi connectivity index (χ0n) is 19.3. The molecule has 7 nitrogen and oxygen atoms in total. The molecule has 0 saturated carbocycles. The lowest BCUT2D eigenvalue weighted by Gasteiger charge is -2.29. The number of aromatic nitrogens is 1. The smallest absolute Gasteiger partial charge is 0.298 e. The van der Waals surface area contributed by atoms with Gasteiger partial charge in [-0.25, -0.2) is 4.39 Å². The Morgan fingerprint density at radius 3 is 2.50 bits per heavy atom. The molecule has 4 rings (SSSR count). The highest BCUT2D eigenvalue weighted by Crippen LogP contribution is 2.29. The highest BCUT2D eigenvalue weighted by Gasteiger charge is 2.27. The van der Waals surface area contributed by atoms with E-state index < -0.39 is 17.5 Å². The molecule has 1 aliphatic heterocycles. The van der Waals surface area contributed by atoms with Crippen molar-refractivity contribution in [2.24, 2.45) is 0 Å². The SMILES string of the molecule is COCCn1c(C)cc(-c2ccccc2)c1C(=O)C(=O)Nc1ccc(N2CCOCC2)cc1F. The van der Waals surface area contributed by atoms with Crippen LogP contribution in [0.1, 0.15) is 16.2 Å². The molecule has 2 heterocycles. The van der Waals surface area contributed by atoms with E-state index in [2.05, 4.69) is 5.32 Å². The van der Waals surface area contributed by atoms with Gasteiger partial charge in [0.25, 0.3) is 11.7 Å². The fourth-order valence-electron chi connectivity index (χ4n) is 4.14. The number of morpholine rings is 1. The normalized spacial score (nSPS) is 13.7. The summed E-state index contributed by atoms with van der Waals surface area (Å²) in [6.07, 6.45) is 0. The van der Waals surface area contributed by atoms with Gasteiger partial charge in [-0.3, -0.25) is 9.59 Å². The van der Waals surface area contributed by atoms with E-state index in [1.165, 1.54) is 12.1 Å². The highest BCUT2D eigenvalue weighted by atomic mass is 19.1. The Balaban J connectivity index is 1.60. The van der Waals surface area contributed by atoms with Crippen molar-refractivity contribution in [2.75, 3.05) is 50.2 Å². The van der Waals surface area contributed by atoms with Crippen LogP contribution in [0.5, 0.6) is 0 Å². The number of aryl methyl sites for hydroxylation is 1. The molecule has 0 aliphatic carbocycles. The van der Waals surface area contributed by atoms with Crippen molar-refractivity contribution < 1.29 is 23.5 Å². The van der Waals surface area contributed by atoms with Gasteiger partial charge in [0.15, 0.2) is 0 Å². The number of Topliss-reactive ketones (excluding diaryl/α,β-unsaturated/α-hetero) is 1. The standard InChI is InChI=1S/C26H28FN3O4/c1-18-16-21(19-6-4-3-5-7-19)24(30(18)12-13-33-2)25(31)26(32)28-23-9-8-20(17-22(23)27)29-10-14-34-15-11-29/h3-9,16-17H,10-15H2,1-2H3,(H,28,32). The van der Waals surface area contributed by atoms with Crippen LogP contribution in [0.3, 0.4) is 0 Å². The van der Waals surface area contributed by atoms with Crippen LogP contribution in [0.4, 0.5) is 15.8 Å². The lowest BCUT2D eigenvalue weighted by atomic mass is 10.0. The minimum atomic E-state index is -0.896. The fraction of sp³-hybridized carbons (Fsp3) is 0.308. The molecule has 1 N–H and O–H groups in total. The second kappa shape index (κ2) is 10.6. The first-order valence-electron chi connectivity index (χ1n) is 11.2. The van der Waals surface area contributed by atoms with Crippen molar-refractivity contribution >= 4 is 23.1 Å². The number of carbonyl (C=O) groups excluding carboxylic acids is 2. The molecule has 1 fully saturated rings. The van der Waals surface area contributed by atoms with Gasteiger partial charge in [-0.05, 0) is 36.8 Å². The maximum Gasteiger partial charge on any atom is 0.298 e. The van der Waals surface area contributed by atoms with Crippen LogP contribution in [-0.4, -0.2) is 56.3 Å². The summed E-state index contributed by atoms with van der Waals surface area (Å²) in [5.74, 6) is -2.23. The number of nitrogens with one attached hydrogen (secondary N) is 1. The van der Waals surface area contributed by atoms with E-state index in [1.807, 2.05) is 48.2 Å². The highest BCUT2D eigenvalue weighted by molar-refractivity contribution is 6.47. The molecule has 1 saturated heterocycles. The van der Waals surface area contributed by atoms with Gasteiger partial charge in [-0.1, -0.05) is 30.3 Å². The summed E-state index contributed by atoms with van der Waals surface area (Å²) < 4.78 is 27.1. The summed E-state index contributed by atoms with van der Waals surface area (Å²) in [7, 11) is 1.58. The number of hydrogen-bond donors (Lipinski definition) is 1. The van der Waals surface area contributed by atoms with Gasteiger partial charge in [0.2, 0.25) is 0 Å². The van der Waals surface area contributed by atoms with Gasteiger partial charge < -0.3 is 24.3 Å². The number of amides is 1. The minimum absolute atomic E-state index is 0.0386. The molecule has 8 heteroatoms. The van der Waals surface area contributed by atoms with Crippen molar-refractivity contribution in [3.8, 4) is 11.1 Å². The Hall–Kier alpha value is -3.49. The maximum absolute atomic E-state index is 14.8. The van der Waals surface area contributed by atoms with E-state index in [9.17, 15) is 14.0 Å². The number of ether oxygens (including phenoxy) is 2. The summed E-state index contributed by atoms with van der Waals surface area (Å²) >= 11 is 0. The molecule has 34 heavy (non-hydrogen) atoms. The molecule has 3 aromatic rings. The monoisotopic (exact) mass is 465 g/mol.